The highest BCUT2D eigenvalue weighted by atomic mass is 16.7. The number of Topliss-reactive ketones (excluding diaryl/α,β-unsaturated/α-hetero) is 1. The molecule has 2 aromatic rings. The van der Waals surface area contributed by atoms with Crippen LogP contribution in [0.15, 0.2) is 135 Å². The van der Waals surface area contributed by atoms with Gasteiger partial charge in [-0.3, -0.25) is 39.0 Å². The summed E-state index contributed by atoms with van der Waals surface area (Å²) in [5.41, 5.74) is 15.2. The quantitative estimate of drug-likeness (QED) is 0.00822. The molecule has 5 rings (SSSR count). The molecule has 21 nitrogen and oxygen atoms in total. The molecule has 1 saturated heterocycles. The summed E-state index contributed by atoms with van der Waals surface area (Å²) in [6, 6.07) is 3.00. The normalized spacial score (nSPS) is 18.7. The van der Waals surface area contributed by atoms with Gasteiger partial charge in [-0.1, -0.05) is 174 Å². The molecule has 7 atom stereocenters. The number of nitrogens with one attached hydrogen (secondary N) is 5. The first kappa shape index (κ1) is 106. The minimum atomic E-state index is -2.32. The predicted molar refractivity (Wildman–Crippen MR) is 493 cm³/mol. The number of hydrogen-bond acceptors (Lipinski definition) is 16. The fourth-order valence-electron chi connectivity index (χ4n) is 15.4. The highest BCUT2D eigenvalue weighted by Crippen LogP contribution is 2.53. The number of rotatable bonds is 55. The van der Waals surface area contributed by atoms with Crippen LogP contribution in [0.4, 0.5) is 0 Å². The zero-order chi connectivity index (χ0) is 90.3. The smallest absolute Gasteiger partial charge is 0.242 e. The molecule has 0 spiro atoms. The molecule has 122 heavy (non-hydrogen) atoms. The number of hydrogen-bond donors (Lipinski definition) is 11. The third kappa shape index (κ3) is 39.9. The van der Waals surface area contributed by atoms with Gasteiger partial charge in [0.1, 0.15) is 41.6 Å². The van der Waals surface area contributed by atoms with Crippen molar-refractivity contribution >= 4 is 46.8 Å². The molecule has 2 aromatic carbocycles. The Bertz CT molecular complexity index is 4060. The highest BCUT2D eigenvalue weighted by molar-refractivity contribution is 6.31. The first-order valence-electron chi connectivity index (χ1n) is 45.3. The Kier molecular flexibility index (Phi) is 50.1. The van der Waals surface area contributed by atoms with Gasteiger partial charge in [0.25, 0.3) is 0 Å². The molecule has 0 aromatic heterocycles. The molecule has 0 radical (unpaired) electrons. The van der Waals surface area contributed by atoms with Crippen LogP contribution in [-0.2, 0) is 39.9 Å². The van der Waals surface area contributed by atoms with Crippen LogP contribution in [0.1, 0.15) is 371 Å². The Balaban J connectivity index is 0.000000524. The Hall–Kier alpha value is -8.60. The van der Waals surface area contributed by atoms with Crippen LogP contribution in [0.25, 0.3) is 0 Å². The second-order valence-corrected chi connectivity index (χ2v) is 34.9. The third-order valence-electron chi connectivity index (χ3n) is 23.1. The number of methoxy groups -OCH3 is 1. The van der Waals surface area contributed by atoms with E-state index >= 15 is 0 Å². The lowest BCUT2D eigenvalue weighted by Crippen LogP contribution is -2.55. The molecule has 1 aliphatic heterocycles. The van der Waals surface area contributed by atoms with Crippen molar-refractivity contribution in [3.8, 4) is 17.2 Å². The van der Waals surface area contributed by atoms with E-state index in [1.165, 1.54) is 75.5 Å². The number of ketones is 3. The van der Waals surface area contributed by atoms with Crippen molar-refractivity contribution in [1.82, 2.24) is 21.3 Å². The number of nitrogens with two attached hydrogens (primary N) is 1. The number of benzene rings is 2. The van der Waals surface area contributed by atoms with E-state index < -0.39 is 102 Å². The maximum Gasteiger partial charge on any atom is 0.242 e. The number of unbranched alkanes of at least 4 members (excludes halogenated alkanes) is 11. The lowest BCUT2D eigenvalue weighted by Gasteiger charge is -2.43. The second kappa shape index (κ2) is 57.8. The minimum absolute atomic E-state index is 0.0712. The summed E-state index contributed by atoms with van der Waals surface area (Å²) >= 11 is 0. The van der Waals surface area contributed by atoms with E-state index in [1.807, 2.05) is 6.92 Å². The van der Waals surface area contributed by atoms with Crippen LogP contribution >= 0.6 is 0 Å². The van der Waals surface area contributed by atoms with Gasteiger partial charge in [0.15, 0.2) is 17.9 Å². The van der Waals surface area contributed by atoms with Crippen LogP contribution in [0.5, 0.6) is 17.2 Å². The first-order chi connectivity index (χ1) is 58.1. The summed E-state index contributed by atoms with van der Waals surface area (Å²) in [4.78, 5) is 90.9. The van der Waals surface area contributed by atoms with Crippen molar-refractivity contribution in [2.24, 2.45) is 5.73 Å². The van der Waals surface area contributed by atoms with Crippen LogP contribution in [-0.4, -0.2) is 135 Å². The Morgan fingerprint density at radius 1 is 0.541 bits per heavy atom. The number of fused-ring (bicyclic) bond motifs is 3. The van der Waals surface area contributed by atoms with E-state index in [-0.39, 0.29) is 70.3 Å². The molecule has 3 aliphatic rings. The summed E-state index contributed by atoms with van der Waals surface area (Å²) in [6.07, 6.45) is 48.6. The van der Waals surface area contributed by atoms with Crippen molar-refractivity contribution < 1.29 is 73.3 Å². The van der Waals surface area contributed by atoms with Gasteiger partial charge >= 0.3 is 0 Å². The molecule has 2 aliphatic carbocycles. The zero-order valence-electron chi connectivity index (χ0n) is 76.9. The molecule has 1 heterocycles. The number of carbonyl (C=O) groups is 7. The van der Waals surface area contributed by atoms with Gasteiger partial charge in [0.05, 0.1) is 47.9 Å². The lowest BCUT2D eigenvalue weighted by molar-refractivity contribution is -0.249. The monoisotopic (exact) mass is 1690 g/mol. The molecule has 678 valence electrons. The summed E-state index contributed by atoms with van der Waals surface area (Å²) in [6.45, 7) is 29.6. The predicted octanol–water partition coefficient (Wildman–Crippen LogP) is 20.2. The number of phenolic OH excluding ortho intramolecular Hbond substituents is 2. The van der Waals surface area contributed by atoms with Crippen LogP contribution in [0.3, 0.4) is 0 Å². The van der Waals surface area contributed by atoms with E-state index in [9.17, 15) is 59.1 Å². The third-order valence-corrected chi connectivity index (χ3v) is 23.1. The van der Waals surface area contributed by atoms with Gasteiger partial charge in [-0.25, -0.2) is 0 Å². The largest absolute Gasteiger partial charge is 0.507 e. The van der Waals surface area contributed by atoms with Crippen molar-refractivity contribution in [1.29, 1.82) is 5.41 Å². The Morgan fingerprint density at radius 2 is 0.967 bits per heavy atom. The molecule has 1 fully saturated rings. The number of carbonyl (C=O) groups excluding carboxylic acids is 7. The molecular formula is C101H154N6O15. The topological polar surface area (TPSA) is 346 Å². The number of phenols is 2. The first-order valence-corrected chi connectivity index (χ1v) is 45.3. The van der Waals surface area contributed by atoms with Gasteiger partial charge in [0.2, 0.25) is 29.4 Å². The van der Waals surface area contributed by atoms with Crippen molar-refractivity contribution in [3.63, 3.8) is 0 Å². The fourth-order valence-corrected chi connectivity index (χ4v) is 15.4. The maximum atomic E-state index is 14.0. The van der Waals surface area contributed by atoms with E-state index in [0.717, 1.165) is 192 Å². The van der Waals surface area contributed by atoms with E-state index in [4.69, 9.17) is 25.4 Å². The molecule has 0 saturated carbocycles. The molecule has 21 heteroatoms. The standard InChI is InChI=1S/C54H71NO12.C47H83N5O3/c1-31(2)15-11-18-34(5)21-12-19-32(3)16-9-10-17-33(4)20-13-22-35(6)25-26-43(58)55-39-27-44(66-36(7)49(39)59)67-41-29-54(64,42(57)30-56)28-38-46(41)53(63)48-47(51(38)61)50(60)37-23-14-24-40(65-8)45(37)52(48)62;1-38(2)24-21-27-41(5)30-22-28-39(3)25-17-18-26-40(4)29-23-31-42(6)34-35-45(53)50-36-19-13-8-9-14-20-37-51-47(55)43(7)52-46(54)33-16-12-10-11-15-32-44(48)49/h14-17,21-24,36,39,41,44,49,56,59,61,63-64H,9-13,18-20,25-30H2,1-8H3,(H,55,58);24-26,30-31,43H,8-23,27-29,32-37H2,1-7H3,(H3,48,49)(H,50,53)(H,51,55)(H,52,54)/b32-16-,33-17+,34-21+,35-22+;39-25+,40-26+,41-30+,42-31+/t36?,39?,41?,44?,49?,54-;/m0./s1. The van der Waals surface area contributed by atoms with Crippen LogP contribution in [0.2, 0.25) is 0 Å². The lowest BCUT2D eigenvalue weighted by atomic mass is 9.72. The number of amides is 4. The average Bonchev–Trinajstić information content (AvgIpc) is 0.710. The number of aromatic hydroxyl groups is 2. The van der Waals surface area contributed by atoms with E-state index in [0.29, 0.717) is 32.2 Å². The fraction of sp³-hybridized carbons (Fsp3) is 0.604. The van der Waals surface area contributed by atoms with Crippen LogP contribution < -0.4 is 31.7 Å². The van der Waals surface area contributed by atoms with Gasteiger partial charge < -0.3 is 66.7 Å². The average molecular weight is 1690 g/mol. The molecule has 12 N–H and O–H groups in total. The number of allylic oxidation sites excluding steroid dienone is 20. The summed E-state index contributed by atoms with van der Waals surface area (Å²) in [5.74, 6) is -4.08. The minimum Gasteiger partial charge on any atom is -0.507 e. The number of aliphatic hydroxyl groups excluding tert-OH is 2. The van der Waals surface area contributed by atoms with E-state index in [2.05, 4.69) is 158 Å². The number of amidine groups is 1. The highest BCUT2D eigenvalue weighted by Gasteiger charge is 2.50. The van der Waals surface area contributed by atoms with Crippen LogP contribution in [0, 0.1) is 5.41 Å². The molecule has 0 bridgehead atoms. The summed E-state index contributed by atoms with van der Waals surface area (Å²) < 4.78 is 17.7. The van der Waals surface area contributed by atoms with Gasteiger partial charge in [-0.2, -0.15) is 0 Å². The number of ether oxygens (including phenoxy) is 3. The van der Waals surface area contributed by atoms with Gasteiger partial charge in [0, 0.05) is 74.7 Å². The van der Waals surface area contributed by atoms with Crippen molar-refractivity contribution in [2.75, 3.05) is 26.8 Å². The van der Waals surface area contributed by atoms with Gasteiger partial charge in [-0.15, -0.1) is 0 Å². The van der Waals surface area contributed by atoms with Crippen molar-refractivity contribution in [3.05, 3.63) is 168 Å². The van der Waals surface area contributed by atoms with Crippen molar-refractivity contribution in [2.45, 2.75) is 370 Å². The SMILES string of the molecule is CC(C)=CCC/C(C)=C/CC/C(C)=C/CC/C=C(\C)CC/C=C(\C)CCC(=O)NCCCCCCCCNC(=O)C(C)NC(=O)CCCCCCCC(=N)N.COc1cccc2c1C(=O)c1c(O)c3c(c(O)c1C2=O)C[C@@](O)(C(=O)CO)CC3OC1CC(NC(=O)CC/C(C)=C/CC/C(C)=C/CC/C=C(/C)CC/C=C(\C)CCC=C(C)C)C(O)C(C)O1. The second-order valence-electron chi connectivity index (χ2n) is 34.9. The van der Waals surface area contributed by atoms with E-state index in [1.54, 1.807) is 13.8 Å². The Morgan fingerprint density at radius 3 is 1.43 bits per heavy atom. The van der Waals surface area contributed by atoms with Gasteiger partial charge in [-0.05, 0) is 244 Å². The number of aliphatic hydroxyl groups is 3. The molecule has 4 amide bonds. The molecule has 6 unspecified atom stereocenters. The zero-order valence-corrected chi connectivity index (χ0v) is 76.9. The summed E-state index contributed by atoms with van der Waals surface area (Å²) in [5, 5.41) is 75.0. The molecular weight excluding hydrogens is 1540 g/mol. The summed E-state index contributed by atoms with van der Waals surface area (Å²) in [7, 11) is 1.32. The maximum absolute atomic E-state index is 14.0. The Labute approximate surface area is 731 Å².